The van der Waals surface area contributed by atoms with E-state index in [1.165, 1.54) is 4.57 Å². The highest BCUT2D eigenvalue weighted by Crippen LogP contribution is 2.21. The van der Waals surface area contributed by atoms with Gasteiger partial charge in [0.15, 0.2) is 0 Å². The van der Waals surface area contributed by atoms with Crippen LogP contribution >= 0.6 is 0 Å². The number of benzene rings is 1. The van der Waals surface area contributed by atoms with Crippen molar-refractivity contribution in [2.24, 2.45) is 0 Å². The van der Waals surface area contributed by atoms with Gasteiger partial charge < -0.3 is 14.6 Å². The van der Waals surface area contributed by atoms with Crippen molar-refractivity contribution in [2.75, 3.05) is 11.9 Å². The van der Waals surface area contributed by atoms with Crippen LogP contribution in [0.1, 0.15) is 47.3 Å². The summed E-state index contributed by atoms with van der Waals surface area (Å²) in [6, 6.07) is 4.70. The summed E-state index contributed by atoms with van der Waals surface area (Å²) in [5.74, 6) is -0.912. The van der Waals surface area contributed by atoms with Crippen LogP contribution in [-0.2, 0) is 9.53 Å². The Labute approximate surface area is 166 Å². The van der Waals surface area contributed by atoms with Crippen LogP contribution in [0.4, 0.5) is 5.69 Å². The summed E-state index contributed by atoms with van der Waals surface area (Å²) in [4.78, 5) is 42.2. The Kier molecular flexibility index (Phi) is 5.49. The van der Waals surface area contributed by atoms with Crippen molar-refractivity contribution in [3.63, 3.8) is 0 Å². The van der Waals surface area contributed by atoms with E-state index in [4.69, 9.17) is 9.26 Å². The minimum Gasteiger partial charge on any atom is -0.461 e. The SMILES string of the molecule is CCOC(=O)c1noc2nc(C)n([C@@H](C)C(=O)Nc3cccc(C)c3C)c(=O)c12. The first-order valence-corrected chi connectivity index (χ1v) is 9.19. The Morgan fingerprint density at radius 1 is 1.28 bits per heavy atom. The Hall–Kier alpha value is -3.49. The smallest absolute Gasteiger partial charge is 0.361 e. The van der Waals surface area contributed by atoms with Crippen molar-refractivity contribution in [1.29, 1.82) is 0 Å². The van der Waals surface area contributed by atoms with E-state index in [-0.39, 0.29) is 35.1 Å². The number of rotatable bonds is 5. The van der Waals surface area contributed by atoms with Crippen LogP contribution in [0.2, 0.25) is 0 Å². The van der Waals surface area contributed by atoms with Crippen molar-refractivity contribution < 1.29 is 18.8 Å². The lowest BCUT2D eigenvalue weighted by Gasteiger charge is -2.18. The molecule has 1 atom stereocenters. The van der Waals surface area contributed by atoms with Crippen LogP contribution in [0, 0.1) is 20.8 Å². The number of aromatic nitrogens is 3. The molecule has 1 amide bonds. The maximum absolute atomic E-state index is 13.1. The van der Waals surface area contributed by atoms with E-state index in [0.29, 0.717) is 5.69 Å². The maximum Gasteiger partial charge on any atom is 0.361 e. The van der Waals surface area contributed by atoms with Gasteiger partial charge >= 0.3 is 5.97 Å². The van der Waals surface area contributed by atoms with Crippen LogP contribution in [0.15, 0.2) is 27.5 Å². The van der Waals surface area contributed by atoms with Gasteiger partial charge in [-0.1, -0.05) is 17.3 Å². The van der Waals surface area contributed by atoms with Crippen LogP contribution in [0.25, 0.3) is 11.1 Å². The Balaban J connectivity index is 2.03. The first-order chi connectivity index (χ1) is 13.8. The number of nitrogens with one attached hydrogen (secondary N) is 1. The number of hydrogen-bond donors (Lipinski definition) is 1. The molecule has 1 aromatic carbocycles. The number of nitrogens with zero attached hydrogens (tertiary/aromatic N) is 3. The molecule has 0 aliphatic carbocycles. The Morgan fingerprint density at radius 3 is 2.69 bits per heavy atom. The molecule has 9 heteroatoms. The monoisotopic (exact) mass is 398 g/mol. The molecule has 0 saturated heterocycles. The fourth-order valence-electron chi connectivity index (χ4n) is 3.05. The molecule has 1 N–H and O–H groups in total. The van der Waals surface area contributed by atoms with Gasteiger partial charge in [-0.05, 0) is 51.8 Å². The average molecular weight is 398 g/mol. The molecule has 0 aliphatic rings. The maximum atomic E-state index is 13.1. The van der Waals surface area contributed by atoms with E-state index in [9.17, 15) is 14.4 Å². The molecule has 152 valence electrons. The molecule has 3 aromatic rings. The summed E-state index contributed by atoms with van der Waals surface area (Å²) in [7, 11) is 0. The number of hydrogen-bond acceptors (Lipinski definition) is 7. The third-order valence-corrected chi connectivity index (χ3v) is 4.82. The molecule has 2 aromatic heterocycles. The van der Waals surface area contributed by atoms with Crippen molar-refractivity contribution in [1.82, 2.24) is 14.7 Å². The van der Waals surface area contributed by atoms with Gasteiger partial charge in [0.1, 0.15) is 17.3 Å². The number of carbonyl (C=O) groups is 2. The molecule has 0 bridgehead atoms. The summed E-state index contributed by atoms with van der Waals surface area (Å²) < 4.78 is 11.1. The number of fused-ring (bicyclic) bond motifs is 1. The highest BCUT2D eigenvalue weighted by molar-refractivity contribution is 6.00. The Bertz CT molecular complexity index is 1160. The first kappa shape index (κ1) is 20.2. The standard InChI is InChI=1S/C20H22N4O5/c1-6-28-20(27)16-15-18(29-23-16)21-13(5)24(19(15)26)12(4)17(25)22-14-9-7-8-10(2)11(14)3/h7-9,12H,6H2,1-5H3,(H,22,25)/t12-/m0/s1. The van der Waals surface area contributed by atoms with Gasteiger partial charge in [0.2, 0.25) is 11.6 Å². The number of carbonyl (C=O) groups excluding carboxylic acids is 2. The van der Waals surface area contributed by atoms with Gasteiger partial charge in [-0.25, -0.2) is 4.79 Å². The number of anilines is 1. The van der Waals surface area contributed by atoms with Crippen molar-refractivity contribution in [3.8, 4) is 0 Å². The molecule has 2 heterocycles. The third-order valence-electron chi connectivity index (χ3n) is 4.82. The molecule has 29 heavy (non-hydrogen) atoms. The summed E-state index contributed by atoms with van der Waals surface area (Å²) in [6.07, 6.45) is 0. The molecule has 0 spiro atoms. The molecule has 0 fully saturated rings. The molecule has 0 radical (unpaired) electrons. The van der Waals surface area contributed by atoms with Gasteiger partial charge in [-0.3, -0.25) is 14.2 Å². The fraction of sp³-hybridized carbons (Fsp3) is 0.350. The largest absolute Gasteiger partial charge is 0.461 e. The molecule has 9 nitrogen and oxygen atoms in total. The zero-order valence-corrected chi connectivity index (χ0v) is 16.9. The second-order valence-electron chi connectivity index (χ2n) is 6.68. The summed E-state index contributed by atoms with van der Waals surface area (Å²) in [5, 5.41) is 6.36. The number of aryl methyl sites for hydroxylation is 2. The minimum absolute atomic E-state index is 0.0751. The molecule has 0 saturated carbocycles. The van der Waals surface area contributed by atoms with Crippen LogP contribution in [-0.4, -0.2) is 33.2 Å². The number of esters is 1. The number of amides is 1. The normalized spacial score (nSPS) is 12.0. The zero-order valence-electron chi connectivity index (χ0n) is 16.9. The van der Waals surface area contributed by atoms with E-state index in [2.05, 4.69) is 15.5 Å². The predicted molar refractivity (Wildman–Crippen MR) is 106 cm³/mol. The summed E-state index contributed by atoms with van der Waals surface area (Å²) >= 11 is 0. The van der Waals surface area contributed by atoms with E-state index in [1.807, 2.05) is 26.0 Å². The quantitative estimate of drug-likeness (QED) is 0.657. The third kappa shape index (κ3) is 3.63. The predicted octanol–water partition coefficient (Wildman–Crippen LogP) is 2.69. The molecular weight excluding hydrogens is 376 g/mol. The van der Waals surface area contributed by atoms with Gasteiger partial charge in [-0.15, -0.1) is 0 Å². The van der Waals surface area contributed by atoms with E-state index in [1.54, 1.807) is 26.8 Å². The summed E-state index contributed by atoms with van der Waals surface area (Å²) in [6.45, 7) is 8.78. The Morgan fingerprint density at radius 2 is 2.00 bits per heavy atom. The van der Waals surface area contributed by atoms with Crippen LogP contribution < -0.4 is 10.9 Å². The second-order valence-corrected chi connectivity index (χ2v) is 6.68. The second kappa shape index (κ2) is 7.86. The van der Waals surface area contributed by atoms with Crippen molar-refractivity contribution in [2.45, 2.75) is 40.7 Å². The number of ether oxygens (including phenoxy) is 1. The fourth-order valence-corrected chi connectivity index (χ4v) is 3.05. The average Bonchev–Trinajstić information content (AvgIpc) is 3.09. The highest BCUT2D eigenvalue weighted by Gasteiger charge is 2.27. The molecule has 3 rings (SSSR count). The minimum atomic E-state index is -0.885. The van der Waals surface area contributed by atoms with E-state index >= 15 is 0 Å². The van der Waals surface area contributed by atoms with E-state index < -0.39 is 17.6 Å². The van der Waals surface area contributed by atoms with Crippen LogP contribution in [0.3, 0.4) is 0 Å². The molecular formula is C20H22N4O5. The van der Waals surface area contributed by atoms with Gasteiger partial charge in [0, 0.05) is 5.69 Å². The molecule has 0 unspecified atom stereocenters. The highest BCUT2D eigenvalue weighted by atomic mass is 16.5. The van der Waals surface area contributed by atoms with Crippen LogP contribution in [0.5, 0.6) is 0 Å². The van der Waals surface area contributed by atoms with Crippen molar-refractivity contribution >= 4 is 28.7 Å². The topological polar surface area (TPSA) is 116 Å². The lowest BCUT2D eigenvalue weighted by molar-refractivity contribution is -0.118. The first-order valence-electron chi connectivity index (χ1n) is 9.19. The summed E-state index contributed by atoms with van der Waals surface area (Å²) in [5.41, 5.74) is 1.72. The van der Waals surface area contributed by atoms with Gasteiger partial charge in [0.25, 0.3) is 11.3 Å². The van der Waals surface area contributed by atoms with Gasteiger partial charge in [-0.2, -0.15) is 4.98 Å². The van der Waals surface area contributed by atoms with E-state index in [0.717, 1.165) is 11.1 Å². The molecule has 0 aliphatic heterocycles. The lowest BCUT2D eigenvalue weighted by Crippen LogP contribution is -2.34. The lowest BCUT2D eigenvalue weighted by atomic mass is 10.1. The van der Waals surface area contributed by atoms with Crippen molar-refractivity contribution in [3.05, 3.63) is 51.2 Å². The van der Waals surface area contributed by atoms with Gasteiger partial charge in [0.05, 0.1) is 6.61 Å². The zero-order chi connectivity index (χ0) is 21.3.